The summed E-state index contributed by atoms with van der Waals surface area (Å²) in [6, 6.07) is 20.9. The molecule has 0 unspecified atom stereocenters. The maximum Gasteiger partial charge on any atom is 0.410 e. The highest BCUT2D eigenvalue weighted by Gasteiger charge is 2.33. The number of pyridine rings is 2. The molecule has 0 atom stereocenters. The lowest BCUT2D eigenvalue weighted by Gasteiger charge is -2.37. The molecule has 8 heterocycles. The number of carbonyl (C=O) groups excluding carboxylic acids is 6. The van der Waals surface area contributed by atoms with Gasteiger partial charge in [0.15, 0.2) is 16.2 Å². The summed E-state index contributed by atoms with van der Waals surface area (Å²) < 4.78 is 32.7. The highest BCUT2D eigenvalue weighted by Crippen LogP contribution is 2.34. The number of hydrogen-bond donors (Lipinski definition) is 3. The van der Waals surface area contributed by atoms with E-state index in [-0.39, 0.29) is 54.7 Å². The van der Waals surface area contributed by atoms with Crippen LogP contribution in [-0.4, -0.2) is 133 Å². The van der Waals surface area contributed by atoms with E-state index in [0.717, 1.165) is 33.8 Å². The molecule has 0 spiro atoms. The predicted molar refractivity (Wildman–Crippen MR) is 304 cm³/mol. The van der Waals surface area contributed by atoms with Crippen LogP contribution in [0.4, 0.5) is 38.2 Å². The van der Waals surface area contributed by atoms with Gasteiger partial charge in [0.25, 0.3) is 23.6 Å². The van der Waals surface area contributed by atoms with Gasteiger partial charge in [0.2, 0.25) is 5.88 Å². The molecule has 4 aliphatic rings. The number of anilines is 5. The summed E-state index contributed by atoms with van der Waals surface area (Å²) in [5.41, 5.74) is 4.84. The van der Waals surface area contributed by atoms with Crippen LogP contribution in [0.25, 0.3) is 0 Å². The lowest BCUT2D eigenvalue weighted by Crippen LogP contribution is -2.50. The minimum Gasteiger partial charge on any atom is -0.497 e. The third-order valence-corrected chi connectivity index (χ3v) is 13.1. The van der Waals surface area contributed by atoms with Crippen LogP contribution in [0.5, 0.6) is 11.5 Å². The van der Waals surface area contributed by atoms with Crippen molar-refractivity contribution in [3.8, 4) is 11.5 Å². The molecular weight excluding hydrogens is 1100 g/mol. The fourth-order valence-electron chi connectivity index (χ4n) is 8.73. The number of nitrogens with one attached hydrogen (secondary N) is 3. The fraction of sp³-hybridized carbons (Fsp3) is 0.368. The number of aromatic nitrogens is 2. The Morgan fingerprint density at radius 1 is 0.613 bits per heavy atom. The number of benzene rings is 2. The number of fused-ring (bicyclic) bond motifs is 2. The number of carbonyl (C=O) groups is 6. The third-order valence-electron chi connectivity index (χ3n) is 12.6. The van der Waals surface area contributed by atoms with Crippen molar-refractivity contribution in [1.82, 2.24) is 25.1 Å². The van der Waals surface area contributed by atoms with Crippen molar-refractivity contribution in [2.75, 3.05) is 91.9 Å². The van der Waals surface area contributed by atoms with Gasteiger partial charge in [0.05, 0.1) is 55.9 Å². The topological polar surface area (TPSA) is 244 Å². The molecule has 0 aliphatic carbocycles. The van der Waals surface area contributed by atoms with E-state index in [2.05, 4.69) is 51.6 Å². The number of amides is 6. The molecule has 80 heavy (non-hydrogen) atoms. The number of hydrogen-bond acceptors (Lipinski definition) is 16. The van der Waals surface area contributed by atoms with Gasteiger partial charge in [0, 0.05) is 88.5 Å². The summed E-state index contributed by atoms with van der Waals surface area (Å²) in [4.78, 5) is 91.6. The molecular formula is C57H67BrN10O12. The van der Waals surface area contributed by atoms with Crippen molar-refractivity contribution in [1.29, 1.82) is 0 Å². The lowest BCUT2D eigenvalue weighted by atomic mass is 10.1. The molecule has 2 saturated heterocycles. The van der Waals surface area contributed by atoms with Gasteiger partial charge in [-0.1, -0.05) is 19.6 Å². The Morgan fingerprint density at radius 3 is 1.56 bits per heavy atom. The standard InChI is InChI=1S/C28H31N5O6.C19H23BrN4O4.C9H9NO2.CH4/c1-28(2,3)39-27(36)32-13-11-31(12-14-32)22-9-10-29-16-21(22)30-25(34)23-7-8-24(38-23)33-17-18-5-6-19(37-4)15-20(18)26(33)35;1-19(2,3)28-18(26)24-10-8-23(9-11-24)14-6-7-21-12-13(14)22-17(25)15-4-5-16(20)27-15;1-12-7-3-2-6-5-10-9(11)8(6)4-7;/h5-10,15-16H,11-14,17H2,1-4H3,(H,30,34);4-7,12H,8-11H2,1-3H3,(H,22,25);2-4H,5H2,1H3,(H,10,11);1H4. The Hall–Kier alpha value is -8.60. The third kappa shape index (κ3) is 14.7. The largest absolute Gasteiger partial charge is 0.497 e. The zero-order chi connectivity index (χ0) is 56.6. The van der Waals surface area contributed by atoms with Crippen molar-refractivity contribution in [2.24, 2.45) is 0 Å². The monoisotopic (exact) mass is 1160 g/mol. The van der Waals surface area contributed by atoms with Gasteiger partial charge in [-0.25, -0.2) is 9.59 Å². The van der Waals surface area contributed by atoms with Gasteiger partial charge in [-0.05, 0) is 123 Å². The van der Waals surface area contributed by atoms with E-state index < -0.39 is 17.1 Å². The molecule has 4 aromatic heterocycles. The van der Waals surface area contributed by atoms with Gasteiger partial charge in [0.1, 0.15) is 22.7 Å². The molecule has 0 bridgehead atoms. The Kier molecular flexibility index (Phi) is 18.8. The predicted octanol–water partition coefficient (Wildman–Crippen LogP) is 9.47. The van der Waals surface area contributed by atoms with E-state index in [1.54, 1.807) is 85.2 Å². The molecule has 6 amide bonds. The van der Waals surface area contributed by atoms with Crippen LogP contribution in [0.1, 0.15) is 102 Å². The first kappa shape index (κ1) is 59.1. The first-order valence-corrected chi connectivity index (χ1v) is 26.2. The summed E-state index contributed by atoms with van der Waals surface area (Å²) in [6.45, 7) is 16.5. The van der Waals surface area contributed by atoms with Gasteiger partial charge in [-0.15, -0.1) is 0 Å². The Labute approximate surface area is 472 Å². The van der Waals surface area contributed by atoms with E-state index >= 15 is 0 Å². The number of methoxy groups -OCH3 is 2. The van der Waals surface area contributed by atoms with E-state index in [4.69, 9.17) is 27.8 Å². The highest BCUT2D eigenvalue weighted by molar-refractivity contribution is 9.10. The molecule has 22 nitrogen and oxygen atoms in total. The van der Waals surface area contributed by atoms with Crippen LogP contribution < -0.4 is 40.1 Å². The Balaban J connectivity index is 0.000000195. The van der Waals surface area contributed by atoms with Crippen molar-refractivity contribution in [3.63, 3.8) is 0 Å². The number of ether oxygens (including phenoxy) is 4. The zero-order valence-corrected chi connectivity index (χ0v) is 46.8. The molecule has 424 valence electrons. The van der Waals surface area contributed by atoms with Crippen molar-refractivity contribution < 1.29 is 56.5 Å². The molecule has 10 rings (SSSR count). The first-order chi connectivity index (χ1) is 37.7. The summed E-state index contributed by atoms with van der Waals surface area (Å²) in [7, 11) is 3.14. The first-order valence-electron chi connectivity index (χ1n) is 25.4. The maximum atomic E-state index is 13.1. The number of furan rings is 2. The number of piperazine rings is 2. The molecule has 3 N–H and O–H groups in total. The van der Waals surface area contributed by atoms with Gasteiger partial charge < -0.3 is 63.3 Å². The second-order valence-corrected chi connectivity index (χ2v) is 21.2. The molecule has 2 aromatic carbocycles. The minimum atomic E-state index is -0.553. The van der Waals surface area contributed by atoms with Gasteiger partial charge in [-0.3, -0.25) is 34.0 Å². The smallest absolute Gasteiger partial charge is 0.410 e. The second kappa shape index (κ2) is 25.5. The number of nitrogens with zero attached hydrogens (tertiary/aromatic N) is 7. The Morgan fingerprint density at radius 2 is 1.09 bits per heavy atom. The van der Waals surface area contributed by atoms with Crippen LogP contribution in [-0.2, 0) is 22.6 Å². The van der Waals surface area contributed by atoms with Crippen molar-refractivity contribution >= 4 is 80.4 Å². The number of rotatable bonds is 9. The minimum absolute atomic E-state index is 0. The normalized spacial score (nSPS) is 14.7. The maximum absolute atomic E-state index is 13.1. The van der Waals surface area contributed by atoms with E-state index in [0.29, 0.717) is 92.8 Å². The van der Waals surface area contributed by atoms with Crippen LogP contribution >= 0.6 is 15.9 Å². The summed E-state index contributed by atoms with van der Waals surface area (Å²) in [5.74, 6) is 0.834. The van der Waals surface area contributed by atoms with Crippen molar-refractivity contribution in [2.45, 2.75) is 73.3 Å². The summed E-state index contributed by atoms with van der Waals surface area (Å²) in [6.07, 6.45) is 5.87. The fourth-order valence-corrected chi connectivity index (χ4v) is 9.04. The van der Waals surface area contributed by atoms with E-state index in [9.17, 15) is 28.8 Å². The van der Waals surface area contributed by atoms with Crippen LogP contribution in [0, 0.1) is 0 Å². The Bertz CT molecular complexity index is 3200. The van der Waals surface area contributed by atoms with Gasteiger partial charge in [-0.2, -0.15) is 0 Å². The van der Waals surface area contributed by atoms with Crippen LogP contribution in [0.2, 0.25) is 0 Å². The summed E-state index contributed by atoms with van der Waals surface area (Å²) in [5, 5.41) is 8.46. The molecule has 4 aliphatic heterocycles. The van der Waals surface area contributed by atoms with Crippen LogP contribution in [0.3, 0.4) is 0 Å². The SMILES string of the molecule is C.CC(C)(C)OC(=O)N1CCN(c2ccncc2NC(=O)c2ccc(Br)o2)CC1.COc1ccc2c(c1)C(=O)N(c1ccc(C(=O)Nc3cnccc3N3CCN(C(=O)OC(C)(C)C)CC3)o1)C2.COc1ccc2c(c1)C(=O)NC2. The molecule has 6 aromatic rings. The average Bonchev–Trinajstić information content (AvgIpc) is 4.28. The molecule has 23 heteroatoms. The molecule has 0 radical (unpaired) electrons. The van der Waals surface area contributed by atoms with E-state index in [1.165, 1.54) is 11.0 Å². The number of halogens is 1. The van der Waals surface area contributed by atoms with Gasteiger partial charge >= 0.3 is 12.2 Å². The average molecular weight is 1160 g/mol. The van der Waals surface area contributed by atoms with Crippen LogP contribution in [0.15, 0.2) is 111 Å². The second-order valence-electron chi connectivity index (χ2n) is 20.5. The molecule has 0 saturated carbocycles. The van der Waals surface area contributed by atoms with E-state index in [1.807, 2.05) is 71.9 Å². The summed E-state index contributed by atoms with van der Waals surface area (Å²) >= 11 is 3.19. The zero-order valence-electron chi connectivity index (χ0n) is 45.2. The quantitative estimate of drug-likeness (QED) is 0.122. The van der Waals surface area contributed by atoms with Crippen molar-refractivity contribution in [3.05, 3.63) is 136 Å². The highest BCUT2D eigenvalue weighted by atomic mass is 79.9. The lowest BCUT2D eigenvalue weighted by molar-refractivity contribution is 0.0230. The molecule has 2 fully saturated rings.